The molecule has 7 heteroatoms. The topological polar surface area (TPSA) is 82.3 Å². The van der Waals surface area contributed by atoms with Crippen LogP contribution in [0.4, 0.5) is 0 Å². The molecule has 2 heterocycles. The number of aromatic nitrogens is 1. The summed E-state index contributed by atoms with van der Waals surface area (Å²) in [4.78, 5) is 16.1. The van der Waals surface area contributed by atoms with Crippen LogP contribution in [0.25, 0.3) is 0 Å². The number of rotatable bonds is 4. The Kier molecular flexibility index (Phi) is 6.07. The Morgan fingerprint density at radius 3 is 2.19 bits per heavy atom. The first-order chi connectivity index (χ1) is 12.4. The minimum atomic E-state index is -3.55. The Morgan fingerprint density at radius 2 is 1.58 bits per heavy atom. The number of carbonyl (C=O) groups is 1. The fourth-order valence-corrected chi connectivity index (χ4v) is 6.19. The van der Waals surface area contributed by atoms with Crippen LogP contribution < -0.4 is 5.32 Å². The van der Waals surface area contributed by atoms with Gasteiger partial charge >= 0.3 is 0 Å². The zero-order valence-corrected chi connectivity index (χ0v) is 16.8. The van der Waals surface area contributed by atoms with Crippen LogP contribution in [-0.4, -0.2) is 42.7 Å². The lowest BCUT2D eigenvalue weighted by molar-refractivity contribution is 0.0928. The summed E-state index contributed by atoms with van der Waals surface area (Å²) in [5.74, 6) is -0.183. The molecule has 1 saturated carbocycles. The van der Waals surface area contributed by atoms with Crippen molar-refractivity contribution in [2.75, 3.05) is 13.1 Å². The summed E-state index contributed by atoms with van der Waals surface area (Å²) in [7, 11) is -3.55. The third kappa shape index (κ3) is 3.98. The van der Waals surface area contributed by atoms with Gasteiger partial charge in [-0.05, 0) is 45.1 Å². The molecular weight excluding hydrogens is 350 g/mol. The maximum Gasteiger partial charge on any atom is 0.268 e. The first-order valence-electron chi connectivity index (χ1n) is 9.91. The first kappa shape index (κ1) is 19.4. The lowest BCUT2D eigenvalue weighted by atomic mass is 10.1. The number of nitrogens with one attached hydrogen (secondary N) is 2. The Bertz CT molecular complexity index is 740. The van der Waals surface area contributed by atoms with Crippen LogP contribution in [0.15, 0.2) is 4.90 Å². The highest BCUT2D eigenvalue weighted by Gasteiger charge is 2.32. The van der Waals surface area contributed by atoms with Crippen LogP contribution in [-0.2, 0) is 10.0 Å². The summed E-state index contributed by atoms with van der Waals surface area (Å²) in [5.41, 5.74) is 1.49. The molecule has 1 saturated heterocycles. The maximum atomic E-state index is 13.1. The third-order valence-electron chi connectivity index (χ3n) is 5.70. The van der Waals surface area contributed by atoms with E-state index in [1.165, 1.54) is 12.8 Å². The predicted molar refractivity (Wildman–Crippen MR) is 102 cm³/mol. The van der Waals surface area contributed by atoms with E-state index in [0.29, 0.717) is 30.0 Å². The molecular formula is C19H31N3O3S. The summed E-state index contributed by atoms with van der Waals surface area (Å²) in [6, 6.07) is 0.190. The minimum Gasteiger partial charge on any atom is -0.353 e. The maximum absolute atomic E-state index is 13.1. The molecule has 0 unspecified atom stereocenters. The van der Waals surface area contributed by atoms with Gasteiger partial charge in [-0.1, -0.05) is 32.1 Å². The third-order valence-corrected chi connectivity index (χ3v) is 7.87. The summed E-state index contributed by atoms with van der Waals surface area (Å²) >= 11 is 0. The zero-order valence-electron chi connectivity index (χ0n) is 15.9. The molecule has 6 nitrogen and oxygen atoms in total. The summed E-state index contributed by atoms with van der Waals surface area (Å²) in [6.45, 7) is 4.61. The van der Waals surface area contributed by atoms with Gasteiger partial charge in [0.25, 0.3) is 5.91 Å². The van der Waals surface area contributed by atoms with Crippen molar-refractivity contribution in [2.24, 2.45) is 0 Å². The lowest BCUT2D eigenvalue weighted by Gasteiger charge is -2.26. The molecule has 1 amide bonds. The van der Waals surface area contributed by atoms with E-state index in [1.807, 2.05) is 0 Å². The largest absolute Gasteiger partial charge is 0.353 e. The van der Waals surface area contributed by atoms with E-state index in [4.69, 9.17) is 0 Å². The van der Waals surface area contributed by atoms with Gasteiger partial charge in [0.15, 0.2) is 0 Å². The molecule has 0 aromatic carbocycles. The molecule has 0 spiro atoms. The molecule has 2 aliphatic rings. The number of nitrogens with zero attached hydrogens (tertiary/aromatic N) is 1. The molecule has 1 aliphatic heterocycles. The van der Waals surface area contributed by atoms with Gasteiger partial charge in [0.05, 0.1) is 0 Å². The van der Waals surface area contributed by atoms with Crippen molar-refractivity contribution >= 4 is 15.9 Å². The number of aryl methyl sites for hydroxylation is 1. The molecule has 0 atom stereocenters. The molecule has 146 valence electrons. The second kappa shape index (κ2) is 8.13. The van der Waals surface area contributed by atoms with Gasteiger partial charge in [0, 0.05) is 24.8 Å². The highest BCUT2D eigenvalue weighted by molar-refractivity contribution is 7.89. The second-order valence-corrected chi connectivity index (χ2v) is 9.58. The average Bonchev–Trinajstić information content (AvgIpc) is 2.78. The van der Waals surface area contributed by atoms with Gasteiger partial charge in [-0.2, -0.15) is 4.31 Å². The van der Waals surface area contributed by atoms with E-state index in [-0.39, 0.29) is 16.8 Å². The summed E-state index contributed by atoms with van der Waals surface area (Å²) < 4.78 is 27.7. The van der Waals surface area contributed by atoms with E-state index < -0.39 is 10.0 Å². The molecule has 0 bridgehead atoms. The molecule has 2 fully saturated rings. The molecule has 1 aliphatic carbocycles. The van der Waals surface area contributed by atoms with Crippen LogP contribution in [0, 0.1) is 13.8 Å². The monoisotopic (exact) mass is 381 g/mol. The quantitative estimate of drug-likeness (QED) is 0.786. The van der Waals surface area contributed by atoms with Gasteiger partial charge in [0.1, 0.15) is 10.6 Å². The number of piperidine rings is 1. The van der Waals surface area contributed by atoms with Crippen LogP contribution in [0.1, 0.15) is 79.5 Å². The Hall–Kier alpha value is -1.34. The van der Waals surface area contributed by atoms with E-state index in [9.17, 15) is 13.2 Å². The number of carbonyl (C=O) groups excluding carboxylic acids is 1. The fourth-order valence-electron chi connectivity index (χ4n) is 4.26. The van der Waals surface area contributed by atoms with Crippen LogP contribution in [0.5, 0.6) is 0 Å². The normalized spacial score (nSPS) is 20.7. The van der Waals surface area contributed by atoms with Crippen molar-refractivity contribution in [3.63, 3.8) is 0 Å². The molecule has 0 radical (unpaired) electrons. The molecule has 2 N–H and O–H groups in total. The van der Waals surface area contributed by atoms with Crippen molar-refractivity contribution in [3.8, 4) is 0 Å². The zero-order chi connectivity index (χ0) is 18.7. The van der Waals surface area contributed by atoms with Gasteiger partial charge < -0.3 is 10.3 Å². The van der Waals surface area contributed by atoms with Crippen molar-refractivity contribution in [3.05, 3.63) is 17.0 Å². The standard InChI is InChI=1S/C19H31N3O3S/c1-14-17(19(23)21-16-10-6-3-4-7-11-16)20-15(2)18(14)26(24,25)22-12-8-5-9-13-22/h16,20H,3-13H2,1-2H3,(H,21,23). The number of aromatic amines is 1. The number of amides is 1. The van der Waals surface area contributed by atoms with Crippen LogP contribution in [0.3, 0.4) is 0 Å². The van der Waals surface area contributed by atoms with Crippen molar-refractivity contribution < 1.29 is 13.2 Å². The smallest absolute Gasteiger partial charge is 0.268 e. The molecule has 1 aromatic rings. The van der Waals surface area contributed by atoms with Crippen molar-refractivity contribution in [1.29, 1.82) is 0 Å². The highest BCUT2D eigenvalue weighted by atomic mass is 32.2. The molecule has 3 rings (SSSR count). The summed E-state index contributed by atoms with van der Waals surface area (Å²) in [6.07, 6.45) is 9.62. The van der Waals surface area contributed by atoms with Crippen LogP contribution in [0.2, 0.25) is 0 Å². The van der Waals surface area contributed by atoms with Gasteiger partial charge in [-0.3, -0.25) is 4.79 Å². The van der Waals surface area contributed by atoms with E-state index >= 15 is 0 Å². The highest BCUT2D eigenvalue weighted by Crippen LogP contribution is 2.28. The van der Waals surface area contributed by atoms with Crippen LogP contribution >= 0.6 is 0 Å². The van der Waals surface area contributed by atoms with E-state index in [2.05, 4.69) is 10.3 Å². The van der Waals surface area contributed by atoms with E-state index in [0.717, 1.165) is 44.9 Å². The lowest BCUT2D eigenvalue weighted by Crippen LogP contribution is -2.36. The Labute approximate surface area is 156 Å². The average molecular weight is 382 g/mol. The number of hydrogen-bond donors (Lipinski definition) is 2. The predicted octanol–water partition coefficient (Wildman–Crippen LogP) is 3.26. The molecule has 26 heavy (non-hydrogen) atoms. The van der Waals surface area contributed by atoms with Gasteiger partial charge in [0.2, 0.25) is 10.0 Å². The fraction of sp³-hybridized carbons (Fsp3) is 0.737. The first-order valence-corrected chi connectivity index (χ1v) is 11.4. The summed E-state index contributed by atoms with van der Waals surface area (Å²) in [5, 5.41) is 3.11. The van der Waals surface area contributed by atoms with E-state index in [1.54, 1.807) is 18.2 Å². The number of hydrogen-bond acceptors (Lipinski definition) is 3. The van der Waals surface area contributed by atoms with Gasteiger partial charge in [-0.15, -0.1) is 0 Å². The second-order valence-electron chi connectivity index (χ2n) is 7.71. The van der Waals surface area contributed by atoms with Gasteiger partial charge in [-0.25, -0.2) is 8.42 Å². The SMILES string of the molecule is Cc1[nH]c(C(=O)NC2CCCCCC2)c(C)c1S(=O)(=O)N1CCCCC1. The Balaban J connectivity index is 1.81. The van der Waals surface area contributed by atoms with Crippen molar-refractivity contribution in [1.82, 2.24) is 14.6 Å². The van der Waals surface area contributed by atoms with Crippen molar-refractivity contribution in [2.45, 2.75) is 82.6 Å². The number of H-pyrrole nitrogens is 1. The Morgan fingerprint density at radius 1 is 1.00 bits per heavy atom. The minimum absolute atomic E-state index is 0.183. The molecule has 1 aromatic heterocycles. The number of sulfonamides is 1.